The fraction of sp³-hybridized carbons (Fsp3) is 0.486. The van der Waals surface area contributed by atoms with Gasteiger partial charge in [-0.15, -0.1) is 6.42 Å². The number of carbonyl (C=O) groups excluding carboxylic acids is 4. The van der Waals surface area contributed by atoms with Crippen LogP contribution in [0.1, 0.15) is 84.5 Å². The molecule has 0 aliphatic rings. The van der Waals surface area contributed by atoms with Gasteiger partial charge in [0.2, 0.25) is 11.8 Å². The van der Waals surface area contributed by atoms with Crippen molar-refractivity contribution in [2.75, 3.05) is 7.05 Å². The van der Waals surface area contributed by atoms with Crippen molar-refractivity contribution in [2.45, 2.75) is 97.6 Å². The number of terminal acetylenes is 1. The molecular formula is C35H47N3O6. The zero-order chi connectivity index (χ0) is 33.2. The molecule has 3 amide bonds. The summed E-state index contributed by atoms with van der Waals surface area (Å²) in [6.07, 6.45) is 5.52. The molecule has 0 saturated heterocycles. The van der Waals surface area contributed by atoms with Gasteiger partial charge in [0.05, 0.1) is 0 Å². The molecule has 2 aromatic rings. The Kier molecular flexibility index (Phi) is 12.6. The third-order valence-electron chi connectivity index (χ3n) is 6.38. The Morgan fingerprint density at radius 2 is 1.41 bits per heavy atom. The topological polar surface area (TPSA) is 114 Å². The molecule has 0 saturated carbocycles. The van der Waals surface area contributed by atoms with E-state index in [9.17, 15) is 19.2 Å². The number of ether oxygens (including phenoxy) is 2. The maximum absolute atomic E-state index is 14.2. The number of amides is 3. The van der Waals surface area contributed by atoms with E-state index in [1.165, 1.54) is 11.9 Å². The molecule has 0 aromatic heterocycles. The molecule has 0 aliphatic heterocycles. The number of carbonyl (C=O) groups is 4. The maximum Gasteiger partial charge on any atom is 0.408 e. The van der Waals surface area contributed by atoms with Gasteiger partial charge in [0.1, 0.15) is 29.3 Å². The summed E-state index contributed by atoms with van der Waals surface area (Å²) in [4.78, 5) is 55.5. The first-order chi connectivity index (χ1) is 20.4. The van der Waals surface area contributed by atoms with Gasteiger partial charge in [0, 0.05) is 19.0 Å². The van der Waals surface area contributed by atoms with Crippen molar-refractivity contribution in [3.63, 3.8) is 0 Å². The molecule has 0 bridgehead atoms. The van der Waals surface area contributed by atoms with Gasteiger partial charge < -0.3 is 25.0 Å². The minimum atomic E-state index is -1.23. The van der Waals surface area contributed by atoms with Crippen molar-refractivity contribution in [3.8, 4) is 12.3 Å². The molecule has 0 spiro atoms. The smallest absolute Gasteiger partial charge is 0.408 e. The summed E-state index contributed by atoms with van der Waals surface area (Å²) in [7, 11) is 1.48. The minimum Gasteiger partial charge on any atom is -0.458 e. The van der Waals surface area contributed by atoms with E-state index < -0.39 is 53.2 Å². The van der Waals surface area contributed by atoms with Crippen LogP contribution in [-0.4, -0.2) is 59.1 Å². The first kappa shape index (κ1) is 35.9. The molecule has 9 heteroatoms. The predicted molar refractivity (Wildman–Crippen MR) is 170 cm³/mol. The highest BCUT2D eigenvalue weighted by Crippen LogP contribution is 2.26. The summed E-state index contributed by atoms with van der Waals surface area (Å²) < 4.78 is 11.1. The second-order valence-corrected chi connectivity index (χ2v) is 13.2. The van der Waals surface area contributed by atoms with Gasteiger partial charge in [-0.2, -0.15) is 0 Å². The van der Waals surface area contributed by atoms with Crippen LogP contribution in [0.4, 0.5) is 4.79 Å². The zero-order valence-corrected chi connectivity index (χ0v) is 27.4. The molecule has 0 fully saturated rings. The first-order valence-electron chi connectivity index (χ1n) is 14.8. The monoisotopic (exact) mass is 605 g/mol. The molecule has 2 rings (SSSR count). The molecule has 3 unspecified atom stereocenters. The zero-order valence-electron chi connectivity index (χ0n) is 27.4. The van der Waals surface area contributed by atoms with Crippen LogP contribution in [0.5, 0.6) is 0 Å². The third-order valence-corrected chi connectivity index (χ3v) is 6.38. The number of benzene rings is 2. The third kappa shape index (κ3) is 11.4. The second-order valence-electron chi connectivity index (χ2n) is 13.2. The highest BCUT2D eigenvalue weighted by molar-refractivity contribution is 5.94. The van der Waals surface area contributed by atoms with E-state index >= 15 is 0 Å². The molecule has 2 N–H and O–H groups in total. The fourth-order valence-corrected chi connectivity index (χ4v) is 4.58. The maximum atomic E-state index is 14.2. The highest BCUT2D eigenvalue weighted by Gasteiger charge is 2.37. The number of rotatable bonds is 11. The van der Waals surface area contributed by atoms with Gasteiger partial charge in [-0.1, -0.05) is 68.3 Å². The van der Waals surface area contributed by atoms with E-state index in [1.54, 1.807) is 65.8 Å². The van der Waals surface area contributed by atoms with Gasteiger partial charge in [-0.25, -0.2) is 9.59 Å². The molecule has 0 aliphatic carbocycles. The van der Waals surface area contributed by atoms with E-state index in [0.717, 1.165) is 5.56 Å². The summed E-state index contributed by atoms with van der Waals surface area (Å²) in [5, 5.41) is 5.52. The average molecular weight is 606 g/mol. The van der Waals surface area contributed by atoms with Gasteiger partial charge in [0.15, 0.2) is 0 Å². The van der Waals surface area contributed by atoms with Crippen molar-refractivity contribution in [1.82, 2.24) is 15.5 Å². The van der Waals surface area contributed by atoms with Gasteiger partial charge in [-0.05, 0) is 71.1 Å². The molecular weight excluding hydrogens is 558 g/mol. The first-order valence-corrected chi connectivity index (χ1v) is 14.8. The Morgan fingerprint density at radius 1 is 0.841 bits per heavy atom. The van der Waals surface area contributed by atoms with Crippen LogP contribution in [0, 0.1) is 18.3 Å². The predicted octanol–water partition coefficient (Wildman–Crippen LogP) is 5.18. The highest BCUT2D eigenvalue weighted by atomic mass is 16.6. The lowest BCUT2D eigenvalue weighted by molar-refractivity contribution is -0.159. The Hall–Kier alpha value is -4.32. The molecule has 9 nitrogen and oxygen atoms in total. The van der Waals surface area contributed by atoms with Crippen LogP contribution in [0.2, 0.25) is 0 Å². The van der Waals surface area contributed by atoms with E-state index in [4.69, 9.17) is 15.9 Å². The van der Waals surface area contributed by atoms with E-state index in [1.807, 2.05) is 44.2 Å². The average Bonchev–Trinajstić information content (AvgIpc) is 2.90. The summed E-state index contributed by atoms with van der Waals surface area (Å²) in [5.74, 6) is 0.857. The number of nitrogens with zero attached hydrogens (tertiary/aromatic N) is 1. The minimum absolute atomic E-state index is 0.0278. The summed E-state index contributed by atoms with van der Waals surface area (Å²) in [6, 6.07) is 12.8. The van der Waals surface area contributed by atoms with Gasteiger partial charge >= 0.3 is 12.1 Å². The number of likely N-dealkylation sites (N-methyl/N-ethyl adjacent to an activating group) is 1. The summed E-state index contributed by atoms with van der Waals surface area (Å²) in [5.41, 5.74) is 0.0463. The van der Waals surface area contributed by atoms with E-state index in [-0.39, 0.29) is 12.3 Å². The molecule has 3 atom stereocenters. The number of hydrogen-bond donors (Lipinski definition) is 2. The van der Waals surface area contributed by atoms with Crippen molar-refractivity contribution in [3.05, 3.63) is 71.3 Å². The van der Waals surface area contributed by atoms with Crippen molar-refractivity contribution >= 4 is 23.9 Å². The van der Waals surface area contributed by atoms with Crippen LogP contribution in [0.25, 0.3) is 0 Å². The van der Waals surface area contributed by atoms with Gasteiger partial charge in [0.25, 0.3) is 0 Å². The van der Waals surface area contributed by atoms with Crippen molar-refractivity contribution in [2.24, 2.45) is 5.92 Å². The fourth-order valence-electron chi connectivity index (χ4n) is 4.58. The lowest BCUT2D eigenvalue weighted by atomic mass is 9.96. The Bertz CT molecular complexity index is 1330. The lowest BCUT2D eigenvalue weighted by Gasteiger charge is -2.33. The van der Waals surface area contributed by atoms with Crippen LogP contribution >= 0.6 is 0 Å². The van der Waals surface area contributed by atoms with Crippen molar-refractivity contribution in [1.29, 1.82) is 0 Å². The molecule has 2 aromatic carbocycles. The Morgan fingerprint density at radius 3 is 1.95 bits per heavy atom. The van der Waals surface area contributed by atoms with Crippen LogP contribution in [0.15, 0.2) is 54.6 Å². The standard InChI is InChI=1S/C35H47N3O6/c1-11-25-19-15-16-20-26(25)29(38(10)31(40)27(21-23(2)3)37-33(42)44-35(7,8)9)30(39)36-28(32(41)43-34(4,5)6)22-24-17-13-12-14-18-24/h1,12-20,23,27-29H,21-22H2,2-10H3,(H,36,39)(H,37,42). The number of nitrogens with one attached hydrogen (secondary N) is 2. The number of alkyl carbamates (subject to hydrolysis) is 1. The second kappa shape index (κ2) is 15.4. The quantitative estimate of drug-likeness (QED) is 0.270. The van der Waals surface area contributed by atoms with Crippen molar-refractivity contribution < 1.29 is 28.7 Å². The van der Waals surface area contributed by atoms with Gasteiger partial charge in [-0.3, -0.25) is 9.59 Å². The van der Waals surface area contributed by atoms with Crippen LogP contribution in [0.3, 0.4) is 0 Å². The SMILES string of the molecule is C#Cc1ccccc1C(C(=O)NC(Cc1ccccc1)C(=O)OC(C)(C)C)N(C)C(=O)C(CC(C)C)NC(=O)OC(C)(C)C. The lowest BCUT2D eigenvalue weighted by Crippen LogP contribution is -2.54. The molecule has 238 valence electrons. The van der Waals surface area contributed by atoms with E-state index in [0.29, 0.717) is 17.5 Å². The number of esters is 1. The van der Waals surface area contributed by atoms with Crippen LogP contribution in [-0.2, 0) is 30.3 Å². The van der Waals surface area contributed by atoms with Crippen LogP contribution < -0.4 is 10.6 Å². The molecule has 44 heavy (non-hydrogen) atoms. The van der Waals surface area contributed by atoms with E-state index in [2.05, 4.69) is 16.6 Å². The summed E-state index contributed by atoms with van der Waals surface area (Å²) >= 11 is 0. The largest absolute Gasteiger partial charge is 0.458 e. The molecule has 0 radical (unpaired) electrons. The summed E-state index contributed by atoms with van der Waals surface area (Å²) in [6.45, 7) is 14.3. The Balaban J connectivity index is 2.53. The normalized spacial score (nSPS) is 13.6. The molecule has 0 heterocycles. The number of hydrogen-bond acceptors (Lipinski definition) is 6. The Labute approximate surface area is 262 Å².